The van der Waals surface area contributed by atoms with Crippen molar-refractivity contribution in [1.82, 2.24) is 0 Å². The average molecular weight is 304 g/mol. The van der Waals surface area contributed by atoms with Crippen LogP contribution >= 0.6 is 0 Å². The van der Waals surface area contributed by atoms with Crippen molar-refractivity contribution < 1.29 is 0 Å². The van der Waals surface area contributed by atoms with Crippen LogP contribution in [0.3, 0.4) is 0 Å². The van der Waals surface area contributed by atoms with Crippen molar-refractivity contribution in [2.75, 3.05) is 0 Å². The molecule has 0 amide bonds. The zero-order valence-electron chi connectivity index (χ0n) is 13.6. The van der Waals surface area contributed by atoms with Crippen molar-refractivity contribution in [3.63, 3.8) is 0 Å². The molecule has 0 fully saturated rings. The normalized spacial score (nSPS) is 15.1. The van der Waals surface area contributed by atoms with Gasteiger partial charge in [0.2, 0.25) is 6.71 Å². The molecule has 3 aromatic carbocycles. The highest BCUT2D eigenvalue weighted by atomic mass is 14.3. The Labute approximate surface area is 142 Å². The Morgan fingerprint density at radius 2 is 1.08 bits per heavy atom. The van der Waals surface area contributed by atoms with E-state index in [9.17, 15) is 0 Å². The first-order valence-electron chi connectivity index (χ1n) is 8.83. The molecule has 0 spiro atoms. The second kappa shape index (κ2) is 4.30. The molecule has 6 rings (SSSR count). The van der Waals surface area contributed by atoms with Gasteiger partial charge < -0.3 is 0 Å². The lowest BCUT2D eigenvalue weighted by Crippen LogP contribution is -2.64. The van der Waals surface area contributed by atoms with E-state index in [4.69, 9.17) is 0 Å². The van der Waals surface area contributed by atoms with Crippen LogP contribution < -0.4 is 16.4 Å². The summed E-state index contributed by atoms with van der Waals surface area (Å²) >= 11 is 0. The Morgan fingerprint density at radius 3 is 1.54 bits per heavy atom. The van der Waals surface area contributed by atoms with Gasteiger partial charge in [0.05, 0.1) is 0 Å². The van der Waals surface area contributed by atoms with Gasteiger partial charge in [-0.05, 0) is 58.2 Å². The van der Waals surface area contributed by atoms with Crippen molar-refractivity contribution in [3.8, 4) is 0 Å². The molecule has 0 radical (unpaired) electrons. The van der Waals surface area contributed by atoms with Crippen molar-refractivity contribution >= 4 is 29.2 Å². The molecule has 0 aliphatic carbocycles. The third kappa shape index (κ3) is 1.46. The molecule has 0 saturated heterocycles. The molecule has 3 aromatic rings. The standard InChI is InChI=1S/C23H17B/c1-2-14-9-19-12-17-7-3-5-15-11-16-6-4-8-18-13-20(10-14)23(19)24(21(15)17)22(16)18/h2-10H,1,11-13H2. The molecule has 0 N–H and O–H groups in total. The SMILES string of the molecule is C=Cc1cc2c3c(c1)Cc1cccc4c1B3c1c(cccc1C2)C4. The van der Waals surface area contributed by atoms with Crippen molar-refractivity contribution in [2.24, 2.45) is 0 Å². The highest BCUT2D eigenvalue weighted by Gasteiger charge is 2.41. The topological polar surface area (TPSA) is 0 Å². The molecule has 3 heterocycles. The van der Waals surface area contributed by atoms with Crippen LogP contribution in [0.4, 0.5) is 0 Å². The maximum atomic E-state index is 4.00. The van der Waals surface area contributed by atoms with Gasteiger partial charge in [0.25, 0.3) is 0 Å². The second-order valence-corrected chi connectivity index (χ2v) is 7.40. The van der Waals surface area contributed by atoms with E-state index in [1.807, 2.05) is 6.08 Å². The first kappa shape index (κ1) is 12.8. The van der Waals surface area contributed by atoms with E-state index >= 15 is 0 Å². The Kier molecular flexibility index (Phi) is 2.30. The van der Waals surface area contributed by atoms with Crippen LogP contribution in [0, 0.1) is 0 Å². The number of hydrogen-bond donors (Lipinski definition) is 0. The van der Waals surface area contributed by atoms with E-state index in [1.54, 1.807) is 16.4 Å². The van der Waals surface area contributed by atoms with Gasteiger partial charge in [0.15, 0.2) is 0 Å². The maximum Gasteiger partial charge on any atom is 0.243 e. The minimum absolute atomic E-state index is 0.461. The van der Waals surface area contributed by atoms with Gasteiger partial charge in [-0.1, -0.05) is 77.6 Å². The van der Waals surface area contributed by atoms with Crippen LogP contribution in [0.2, 0.25) is 0 Å². The van der Waals surface area contributed by atoms with Gasteiger partial charge in [0.1, 0.15) is 0 Å². The van der Waals surface area contributed by atoms with Crippen molar-refractivity contribution in [1.29, 1.82) is 0 Å². The zero-order valence-corrected chi connectivity index (χ0v) is 13.6. The lowest BCUT2D eigenvalue weighted by molar-refractivity contribution is 1.09. The maximum absolute atomic E-state index is 4.00. The fourth-order valence-electron chi connectivity index (χ4n) is 5.33. The molecule has 24 heavy (non-hydrogen) atoms. The van der Waals surface area contributed by atoms with E-state index in [0.717, 1.165) is 19.3 Å². The highest BCUT2D eigenvalue weighted by Crippen LogP contribution is 2.29. The third-order valence-electron chi connectivity index (χ3n) is 6.19. The Bertz CT molecular complexity index is 981. The predicted molar refractivity (Wildman–Crippen MR) is 102 cm³/mol. The zero-order chi connectivity index (χ0) is 15.8. The van der Waals surface area contributed by atoms with Gasteiger partial charge in [-0.3, -0.25) is 0 Å². The molecule has 112 valence electrons. The molecular formula is C23H17B. The van der Waals surface area contributed by atoms with Crippen molar-refractivity contribution in [2.45, 2.75) is 19.3 Å². The van der Waals surface area contributed by atoms with E-state index in [2.05, 4.69) is 55.1 Å². The molecule has 0 nitrogen and oxygen atoms in total. The van der Waals surface area contributed by atoms with Gasteiger partial charge in [0, 0.05) is 0 Å². The largest absolute Gasteiger partial charge is 0.243 e. The summed E-state index contributed by atoms with van der Waals surface area (Å²) in [6.45, 7) is 4.46. The first-order valence-corrected chi connectivity index (χ1v) is 8.83. The summed E-state index contributed by atoms with van der Waals surface area (Å²) < 4.78 is 0. The summed E-state index contributed by atoms with van der Waals surface area (Å²) in [5.41, 5.74) is 15.2. The van der Waals surface area contributed by atoms with Gasteiger partial charge in [-0.2, -0.15) is 0 Å². The third-order valence-corrected chi connectivity index (χ3v) is 6.19. The number of benzene rings is 3. The van der Waals surface area contributed by atoms with E-state index in [1.165, 1.54) is 38.9 Å². The van der Waals surface area contributed by atoms with Gasteiger partial charge in [-0.25, -0.2) is 0 Å². The van der Waals surface area contributed by atoms with E-state index < -0.39 is 0 Å². The molecule has 0 atom stereocenters. The summed E-state index contributed by atoms with van der Waals surface area (Å²) in [6, 6.07) is 18.6. The van der Waals surface area contributed by atoms with E-state index in [-0.39, 0.29) is 0 Å². The fraction of sp³-hybridized carbons (Fsp3) is 0.130. The van der Waals surface area contributed by atoms with Crippen LogP contribution in [0.5, 0.6) is 0 Å². The highest BCUT2D eigenvalue weighted by molar-refractivity contribution is 6.98. The molecule has 3 aliphatic heterocycles. The monoisotopic (exact) mass is 304 g/mol. The van der Waals surface area contributed by atoms with Gasteiger partial charge >= 0.3 is 0 Å². The second-order valence-electron chi connectivity index (χ2n) is 7.40. The summed E-state index contributed by atoms with van der Waals surface area (Å²) in [5.74, 6) is 0. The minimum Gasteiger partial charge on any atom is -0.0985 e. The fourth-order valence-corrected chi connectivity index (χ4v) is 5.33. The van der Waals surface area contributed by atoms with E-state index in [0.29, 0.717) is 6.71 Å². The molecule has 0 bridgehead atoms. The predicted octanol–water partition coefficient (Wildman–Crippen LogP) is 2.56. The Hall–Kier alpha value is -2.54. The quantitative estimate of drug-likeness (QED) is 0.410. The van der Waals surface area contributed by atoms with Crippen LogP contribution in [0.1, 0.15) is 38.9 Å². The summed E-state index contributed by atoms with van der Waals surface area (Å²) in [4.78, 5) is 0. The summed E-state index contributed by atoms with van der Waals surface area (Å²) in [5, 5.41) is 0. The average Bonchev–Trinajstić information content (AvgIpc) is 2.61. The minimum atomic E-state index is 0.461. The molecule has 3 aliphatic rings. The Morgan fingerprint density at radius 1 is 0.667 bits per heavy atom. The van der Waals surface area contributed by atoms with Crippen LogP contribution in [-0.2, 0) is 19.3 Å². The lowest BCUT2D eigenvalue weighted by atomic mass is 9.28. The summed E-state index contributed by atoms with van der Waals surface area (Å²) in [7, 11) is 0. The number of hydrogen-bond acceptors (Lipinski definition) is 0. The smallest absolute Gasteiger partial charge is 0.0985 e. The van der Waals surface area contributed by atoms with Crippen LogP contribution in [0.15, 0.2) is 55.1 Å². The van der Waals surface area contributed by atoms with Gasteiger partial charge in [-0.15, -0.1) is 0 Å². The van der Waals surface area contributed by atoms with Crippen molar-refractivity contribution in [3.05, 3.63) is 94.1 Å². The number of rotatable bonds is 1. The Balaban J connectivity index is 1.77. The first-order chi connectivity index (χ1) is 11.8. The molecule has 0 aromatic heterocycles. The summed E-state index contributed by atoms with van der Waals surface area (Å²) in [6.07, 6.45) is 5.23. The lowest BCUT2D eigenvalue weighted by Gasteiger charge is -2.39. The molecule has 0 saturated carbocycles. The van der Waals surface area contributed by atoms with Crippen LogP contribution in [-0.4, -0.2) is 6.71 Å². The molecular weight excluding hydrogens is 287 g/mol. The van der Waals surface area contributed by atoms with Crippen LogP contribution in [0.25, 0.3) is 6.08 Å². The molecule has 1 heteroatoms. The molecule has 0 unspecified atom stereocenters.